The van der Waals surface area contributed by atoms with Crippen LogP contribution in [-0.4, -0.2) is 74.0 Å². The summed E-state index contributed by atoms with van der Waals surface area (Å²) in [6.07, 6.45) is 3.42. The van der Waals surface area contributed by atoms with E-state index in [1.165, 1.54) is 0 Å². The van der Waals surface area contributed by atoms with Crippen LogP contribution >= 0.6 is 0 Å². The Morgan fingerprint density at radius 3 is 1.72 bits per heavy atom. The van der Waals surface area contributed by atoms with Crippen molar-refractivity contribution in [3.05, 3.63) is 89.0 Å². The van der Waals surface area contributed by atoms with Crippen molar-refractivity contribution in [2.24, 2.45) is 0 Å². The predicted molar refractivity (Wildman–Crippen MR) is 135 cm³/mol. The Morgan fingerprint density at radius 1 is 0.833 bits per heavy atom. The molecule has 3 aromatic rings. The Morgan fingerprint density at radius 2 is 1.33 bits per heavy atom. The van der Waals surface area contributed by atoms with E-state index in [0.717, 1.165) is 11.4 Å². The second kappa shape index (κ2) is 14.3. The number of hydrogen-bond acceptors (Lipinski definition) is 9. The van der Waals surface area contributed by atoms with Gasteiger partial charge >= 0.3 is 5.97 Å². The summed E-state index contributed by atoms with van der Waals surface area (Å²) in [5.74, 6) is -0.409. The van der Waals surface area contributed by atoms with Crippen molar-refractivity contribution in [1.82, 2.24) is 19.8 Å². The topological polar surface area (TPSA) is 119 Å². The van der Waals surface area contributed by atoms with E-state index in [2.05, 4.69) is 9.97 Å². The first-order valence-corrected chi connectivity index (χ1v) is 12.0. The summed E-state index contributed by atoms with van der Waals surface area (Å²) >= 11 is 0. The van der Waals surface area contributed by atoms with Gasteiger partial charge in [-0.05, 0) is 43.3 Å². The number of pyridine rings is 2. The van der Waals surface area contributed by atoms with Crippen LogP contribution in [-0.2, 0) is 30.9 Å². The Bertz CT molecular complexity index is 1010. The molecule has 0 fully saturated rings. The second-order valence-electron chi connectivity index (χ2n) is 8.37. The maximum atomic E-state index is 12.6. The number of rotatable bonds is 14. The van der Waals surface area contributed by atoms with Gasteiger partial charge in [0, 0.05) is 62.8 Å². The van der Waals surface area contributed by atoms with Crippen molar-refractivity contribution in [3.8, 4) is 5.75 Å². The predicted octanol–water partition coefficient (Wildman–Crippen LogP) is 2.35. The lowest BCUT2D eigenvalue weighted by atomic mass is 10.0. The zero-order valence-corrected chi connectivity index (χ0v) is 20.6. The van der Waals surface area contributed by atoms with Crippen LogP contribution in [0.4, 0.5) is 0 Å². The zero-order chi connectivity index (χ0) is 25.8. The number of phenolic OH excluding ortho intramolecular Hbond substituents is 1. The van der Waals surface area contributed by atoms with E-state index in [0.29, 0.717) is 56.0 Å². The summed E-state index contributed by atoms with van der Waals surface area (Å²) in [5.41, 5.74) is 3.08. The summed E-state index contributed by atoms with van der Waals surface area (Å²) in [6, 6.07) is 14.5. The lowest BCUT2D eigenvalue weighted by Gasteiger charge is -2.25. The number of ether oxygens (including phenoxy) is 1. The molecule has 0 saturated heterocycles. The molecular weight excluding hydrogens is 460 g/mol. The summed E-state index contributed by atoms with van der Waals surface area (Å²) in [7, 11) is 0. The van der Waals surface area contributed by atoms with Crippen molar-refractivity contribution in [3.63, 3.8) is 0 Å². The van der Waals surface area contributed by atoms with Gasteiger partial charge in [0.15, 0.2) is 0 Å². The number of nitrogens with zero attached hydrogens (tertiary/aromatic N) is 4. The standard InChI is InChI=1S/C27H34N4O5/c1-2-36-27(35)21-15-22(17-30(11-13-32)19-24-7-3-5-9-28-24)26(34)23(16-21)18-31(12-14-33)20-25-8-4-6-10-29-25/h3-10,15-16,32-34H,2,11-14,17-20H2,1H3. The van der Waals surface area contributed by atoms with Crippen LogP contribution in [0.1, 0.15) is 39.8 Å². The molecule has 0 radical (unpaired) electrons. The maximum Gasteiger partial charge on any atom is 0.338 e. The number of carbonyl (C=O) groups excluding carboxylic acids is 1. The van der Waals surface area contributed by atoms with Gasteiger partial charge in [-0.25, -0.2) is 4.79 Å². The number of aliphatic hydroxyl groups is 2. The first-order valence-electron chi connectivity index (χ1n) is 12.0. The molecule has 0 atom stereocenters. The molecule has 36 heavy (non-hydrogen) atoms. The normalized spacial score (nSPS) is 11.2. The van der Waals surface area contributed by atoms with Gasteiger partial charge < -0.3 is 20.1 Å². The van der Waals surface area contributed by atoms with Crippen molar-refractivity contribution in [1.29, 1.82) is 0 Å². The number of carbonyl (C=O) groups is 1. The van der Waals surface area contributed by atoms with E-state index in [4.69, 9.17) is 4.74 Å². The minimum Gasteiger partial charge on any atom is -0.507 e. The Hall–Kier alpha value is -3.37. The molecule has 0 aliphatic rings. The first-order chi connectivity index (χ1) is 17.5. The fraction of sp³-hybridized carbons (Fsp3) is 0.370. The molecule has 1 aromatic carbocycles. The quantitative estimate of drug-likeness (QED) is 0.290. The van der Waals surface area contributed by atoms with E-state index in [1.54, 1.807) is 31.5 Å². The second-order valence-corrected chi connectivity index (χ2v) is 8.37. The van der Waals surface area contributed by atoms with Gasteiger partial charge in [-0.15, -0.1) is 0 Å². The molecule has 0 unspecified atom stereocenters. The Balaban J connectivity index is 1.91. The number of aromatic nitrogens is 2. The highest BCUT2D eigenvalue weighted by Crippen LogP contribution is 2.28. The maximum absolute atomic E-state index is 12.6. The van der Waals surface area contributed by atoms with E-state index < -0.39 is 5.97 Å². The fourth-order valence-electron chi connectivity index (χ4n) is 3.97. The van der Waals surface area contributed by atoms with Crippen LogP contribution in [0.2, 0.25) is 0 Å². The summed E-state index contributed by atoms with van der Waals surface area (Å²) in [5, 5.41) is 30.5. The van der Waals surface area contributed by atoms with Crippen LogP contribution in [0.25, 0.3) is 0 Å². The SMILES string of the molecule is CCOC(=O)c1cc(CN(CCO)Cc2ccccn2)c(O)c(CN(CCO)Cc2ccccn2)c1. The number of hydrogen-bond donors (Lipinski definition) is 3. The van der Waals surface area contributed by atoms with Crippen molar-refractivity contribution in [2.45, 2.75) is 33.1 Å². The third kappa shape index (κ3) is 8.10. The number of esters is 1. The number of aliphatic hydroxyl groups excluding tert-OH is 2. The molecule has 0 bridgehead atoms. The lowest BCUT2D eigenvalue weighted by Crippen LogP contribution is -2.28. The third-order valence-corrected chi connectivity index (χ3v) is 5.62. The highest BCUT2D eigenvalue weighted by atomic mass is 16.5. The van der Waals surface area contributed by atoms with Crippen LogP contribution in [0, 0.1) is 0 Å². The number of phenols is 1. The molecule has 0 aliphatic carbocycles. The Kier molecular flexibility index (Phi) is 10.8. The average molecular weight is 495 g/mol. The molecule has 0 aliphatic heterocycles. The number of aromatic hydroxyl groups is 1. The van der Waals surface area contributed by atoms with Crippen LogP contribution in [0.5, 0.6) is 5.75 Å². The van der Waals surface area contributed by atoms with E-state index >= 15 is 0 Å². The molecule has 0 spiro atoms. The molecule has 3 N–H and O–H groups in total. The molecule has 0 amide bonds. The van der Waals surface area contributed by atoms with Gasteiger partial charge in [-0.1, -0.05) is 12.1 Å². The van der Waals surface area contributed by atoms with Crippen molar-refractivity contribution >= 4 is 5.97 Å². The smallest absolute Gasteiger partial charge is 0.338 e. The minimum absolute atomic E-state index is 0.0631. The summed E-state index contributed by atoms with van der Waals surface area (Å²) in [6.45, 7) is 4.11. The van der Waals surface area contributed by atoms with Gasteiger partial charge in [-0.3, -0.25) is 19.8 Å². The van der Waals surface area contributed by atoms with E-state index in [1.807, 2.05) is 46.2 Å². The van der Waals surface area contributed by atoms with Crippen molar-refractivity contribution < 1.29 is 24.9 Å². The van der Waals surface area contributed by atoms with Gasteiger partial charge in [0.25, 0.3) is 0 Å². The average Bonchev–Trinajstić information content (AvgIpc) is 2.88. The molecule has 2 heterocycles. The number of benzene rings is 1. The van der Waals surface area contributed by atoms with E-state index in [-0.39, 0.29) is 25.6 Å². The zero-order valence-electron chi connectivity index (χ0n) is 20.6. The van der Waals surface area contributed by atoms with Crippen LogP contribution < -0.4 is 0 Å². The van der Waals surface area contributed by atoms with E-state index in [9.17, 15) is 20.1 Å². The molecule has 192 valence electrons. The molecule has 3 rings (SSSR count). The highest BCUT2D eigenvalue weighted by Gasteiger charge is 2.20. The molecule has 2 aromatic heterocycles. The van der Waals surface area contributed by atoms with Crippen molar-refractivity contribution in [2.75, 3.05) is 32.9 Å². The largest absolute Gasteiger partial charge is 0.507 e. The fourth-order valence-corrected chi connectivity index (χ4v) is 3.97. The molecule has 0 saturated carbocycles. The summed E-state index contributed by atoms with van der Waals surface area (Å²) < 4.78 is 5.23. The van der Waals surface area contributed by atoms with Gasteiger partial charge in [0.1, 0.15) is 5.75 Å². The minimum atomic E-state index is -0.475. The lowest BCUT2D eigenvalue weighted by molar-refractivity contribution is 0.0525. The Labute approximate surface area is 211 Å². The highest BCUT2D eigenvalue weighted by molar-refractivity contribution is 5.90. The van der Waals surface area contributed by atoms with Gasteiger partial charge in [-0.2, -0.15) is 0 Å². The van der Waals surface area contributed by atoms with Gasteiger partial charge in [0.05, 0.1) is 36.8 Å². The summed E-state index contributed by atoms with van der Waals surface area (Å²) in [4.78, 5) is 25.3. The van der Waals surface area contributed by atoms with Gasteiger partial charge in [0.2, 0.25) is 0 Å². The molecule has 9 nitrogen and oxygen atoms in total. The van der Waals surface area contributed by atoms with Crippen LogP contribution in [0.3, 0.4) is 0 Å². The molecule has 9 heteroatoms. The molecular formula is C27H34N4O5. The van der Waals surface area contributed by atoms with Crippen LogP contribution in [0.15, 0.2) is 60.9 Å². The first kappa shape index (κ1) is 27.2. The monoisotopic (exact) mass is 494 g/mol. The third-order valence-electron chi connectivity index (χ3n) is 5.62.